The number of aryl methyl sites for hydroxylation is 1. The van der Waals surface area contributed by atoms with Crippen molar-refractivity contribution in [1.82, 2.24) is 14.8 Å². The minimum absolute atomic E-state index is 0.378. The average molecular weight is 344 g/mol. The fourth-order valence-corrected chi connectivity index (χ4v) is 3.06. The van der Waals surface area contributed by atoms with Crippen molar-refractivity contribution in [1.29, 1.82) is 0 Å². The highest BCUT2D eigenvalue weighted by molar-refractivity contribution is 6.21. The maximum atomic E-state index is 12.4. The van der Waals surface area contributed by atoms with Gasteiger partial charge in [0, 0.05) is 5.56 Å². The van der Waals surface area contributed by atoms with E-state index in [4.69, 9.17) is 0 Å². The number of nitrogens with zero attached hydrogens (tertiary/aromatic N) is 4. The molecule has 6 nitrogen and oxygen atoms in total. The summed E-state index contributed by atoms with van der Waals surface area (Å²) in [5.74, 6) is -0.819. The molecule has 128 valence electrons. The molecule has 1 aliphatic rings. The molecule has 0 bridgehead atoms. The quantitative estimate of drug-likeness (QED) is 0.541. The van der Waals surface area contributed by atoms with Crippen molar-refractivity contribution in [2.24, 2.45) is 5.10 Å². The summed E-state index contributed by atoms with van der Waals surface area (Å²) < 4.78 is 1.82. The second kappa shape index (κ2) is 6.07. The highest BCUT2D eigenvalue weighted by Crippen LogP contribution is 2.23. The number of hydrazone groups is 1. The van der Waals surface area contributed by atoms with E-state index in [-0.39, 0.29) is 0 Å². The Labute approximate surface area is 150 Å². The van der Waals surface area contributed by atoms with E-state index in [1.54, 1.807) is 24.3 Å². The monoisotopic (exact) mass is 344 g/mol. The lowest BCUT2D eigenvalue weighted by Gasteiger charge is -2.06. The zero-order chi connectivity index (χ0) is 18.3. The molecule has 0 radical (unpaired) electrons. The van der Waals surface area contributed by atoms with Gasteiger partial charge in [-0.15, -0.1) is 0 Å². The van der Waals surface area contributed by atoms with Crippen LogP contribution in [0.4, 0.5) is 0 Å². The first-order valence-electron chi connectivity index (χ1n) is 8.21. The summed E-state index contributed by atoms with van der Waals surface area (Å²) in [6.07, 6.45) is 1.53. The van der Waals surface area contributed by atoms with Crippen LogP contribution in [0.15, 0.2) is 59.7 Å². The molecule has 2 heterocycles. The number of imide groups is 1. The van der Waals surface area contributed by atoms with Crippen LogP contribution in [0.3, 0.4) is 0 Å². The molecule has 0 spiro atoms. The highest BCUT2D eigenvalue weighted by Gasteiger charge is 2.35. The molecule has 4 rings (SSSR count). The molecule has 0 saturated heterocycles. The number of aromatic nitrogens is 2. The molecular formula is C20H16N4O2. The Hall–Kier alpha value is -3.54. The molecule has 3 aromatic rings. The van der Waals surface area contributed by atoms with E-state index < -0.39 is 11.8 Å². The lowest BCUT2D eigenvalue weighted by atomic mass is 10.1. The van der Waals surface area contributed by atoms with Gasteiger partial charge in [0.2, 0.25) is 0 Å². The number of rotatable bonds is 3. The summed E-state index contributed by atoms with van der Waals surface area (Å²) in [7, 11) is 0. The SMILES string of the molecule is Cc1nn(-c2ccccc2)c(C)c1/C=N\N1C(=O)c2ccccc2C1=O. The lowest BCUT2D eigenvalue weighted by molar-refractivity contribution is 0.0660. The Morgan fingerprint density at radius 3 is 2.08 bits per heavy atom. The number of hydrogen-bond donors (Lipinski definition) is 0. The van der Waals surface area contributed by atoms with Gasteiger partial charge in [0.25, 0.3) is 11.8 Å². The van der Waals surface area contributed by atoms with Gasteiger partial charge in [0.1, 0.15) is 0 Å². The summed E-state index contributed by atoms with van der Waals surface area (Å²) in [5, 5.41) is 9.60. The molecule has 6 heteroatoms. The number of hydrogen-bond acceptors (Lipinski definition) is 4. The van der Waals surface area contributed by atoms with Crippen LogP contribution in [-0.4, -0.2) is 32.8 Å². The summed E-state index contributed by atoms with van der Waals surface area (Å²) >= 11 is 0. The Balaban J connectivity index is 1.68. The molecule has 2 aromatic carbocycles. The normalized spacial score (nSPS) is 13.7. The van der Waals surface area contributed by atoms with Gasteiger partial charge in [-0.3, -0.25) is 9.59 Å². The van der Waals surface area contributed by atoms with Crippen LogP contribution in [0.2, 0.25) is 0 Å². The summed E-state index contributed by atoms with van der Waals surface area (Å²) in [5.41, 5.74) is 4.13. The fourth-order valence-electron chi connectivity index (χ4n) is 3.06. The number of carbonyl (C=O) groups is 2. The predicted molar refractivity (Wildman–Crippen MR) is 97.6 cm³/mol. The molecule has 1 aliphatic heterocycles. The second-order valence-electron chi connectivity index (χ2n) is 6.04. The van der Waals surface area contributed by atoms with Crippen molar-refractivity contribution in [2.45, 2.75) is 13.8 Å². The average Bonchev–Trinajstić information content (AvgIpc) is 3.09. The smallest absolute Gasteiger partial charge is 0.267 e. The van der Waals surface area contributed by atoms with Gasteiger partial charge < -0.3 is 0 Å². The number of benzene rings is 2. The van der Waals surface area contributed by atoms with Crippen molar-refractivity contribution < 1.29 is 9.59 Å². The molecular weight excluding hydrogens is 328 g/mol. The Morgan fingerprint density at radius 2 is 1.46 bits per heavy atom. The number of carbonyl (C=O) groups excluding carboxylic acids is 2. The van der Waals surface area contributed by atoms with Gasteiger partial charge in [0.15, 0.2) is 0 Å². The van der Waals surface area contributed by atoms with Crippen molar-refractivity contribution in [3.05, 3.63) is 82.7 Å². The van der Waals surface area contributed by atoms with Crippen LogP contribution in [0.5, 0.6) is 0 Å². The summed E-state index contributed by atoms with van der Waals surface area (Å²) in [6, 6.07) is 16.5. The lowest BCUT2D eigenvalue weighted by Crippen LogP contribution is -2.24. The third-order valence-corrected chi connectivity index (χ3v) is 4.42. The van der Waals surface area contributed by atoms with Gasteiger partial charge in [0.05, 0.1) is 34.4 Å². The van der Waals surface area contributed by atoms with E-state index >= 15 is 0 Å². The first-order valence-corrected chi connectivity index (χ1v) is 8.21. The molecule has 2 amide bonds. The van der Waals surface area contributed by atoms with Gasteiger partial charge in [-0.1, -0.05) is 30.3 Å². The van der Waals surface area contributed by atoms with E-state index in [0.717, 1.165) is 27.6 Å². The summed E-state index contributed by atoms with van der Waals surface area (Å²) in [4.78, 5) is 24.8. The first-order chi connectivity index (χ1) is 12.6. The summed E-state index contributed by atoms with van der Waals surface area (Å²) in [6.45, 7) is 3.80. The van der Waals surface area contributed by atoms with Crippen molar-refractivity contribution in [3.8, 4) is 5.69 Å². The first kappa shape index (κ1) is 16.0. The fraction of sp³-hybridized carbons (Fsp3) is 0.100. The molecule has 0 fully saturated rings. The number of amides is 2. The van der Waals surface area contributed by atoms with Crippen LogP contribution in [0.25, 0.3) is 5.69 Å². The third kappa shape index (κ3) is 2.43. The minimum atomic E-state index is -0.410. The molecule has 1 aromatic heterocycles. The molecule has 0 saturated carbocycles. The molecule has 0 N–H and O–H groups in total. The van der Waals surface area contributed by atoms with Gasteiger partial charge in [-0.25, -0.2) is 4.68 Å². The molecule has 0 atom stereocenters. The van der Waals surface area contributed by atoms with Gasteiger partial charge in [-0.05, 0) is 38.1 Å². The Kier molecular flexibility index (Phi) is 3.73. The predicted octanol–water partition coefficient (Wildman–Crippen LogP) is 3.12. The van der Waals surface area contributed by atoms with Crippen molar-refractivity contribution in [3.63, 3.8) is 0 Å². The zero-order valence-corrected chi connectivity index (χ0v) is 14.4. The molecule has 26 heavy (non-hydrogen) atoms. The van der Waals surface area contributed by atoms with Crippen LogP contribution in [-0.2, 0) is 0 Å². The number of fused-ring (bicyclic) bond motifs is 1. The van der Waals surface area contributed by atoms with E-state index in [2.05, 4.69) is 10.2 Å². The van der Waals surface area contributed by atoms with Crippen LogP contribution in [0, 0.1) is 13.8 Å². The van der Waals surface area contributed by atoms with E-state index in [0.29, 0.717) is 11.1 Å². The highest BCUT2D eigenvalue weighted by atomic mass is 16.2. The van der Waals surface area contributed by atoms with Crippen LogP contribution in [0.1, 0.15) is 37.7 Å². The maximum Gasteiger partial charge on any atom is 0.282 e. The number of para-hydroxylation sites is 1. The van der Waals surface area contributed by atoms with Crippen LogP contribution < -0.4 is 0 Å². The third-order valence-electron chi connectivity index (χ3n) is 4.42. The maximum absolute atomic E-state index is 12.4. The zero-order valence-electron chi connectivity index (χ0n) is 14.4. The van der Waals surface area contributed by atoms with Crippen molar-refractivity contribution >= 4 is 18.0 Å². The van der Waals surface area contributed by atoms with Gasteiger partial charge in [-0.2, -0.15) is 15.2 Å². The van der Waals surface area contributed by atoms with E-state index in [1.807, 2.05) is 48.9 Å². The van der Waals surface area contributed by atoms with E-state index in [1.165, 1.54) is 6.21 Å². The molecule has 0 aliphatic carbocycles. The minimum Gasteiger partial charge on any atom is -0.267 e. The molecule has 0 unspecified atom stereocenters. The van der Waals surface area contributed by atoms with Crippen LogP contribution >= 0.6 is 0 Å². The Morgan fingerprint density at radius 1 is 0.885 bits per heavy atom. The second-order valence-corrected chi connectivity index (χ2v) is 6.04. The van der Waals surface area contributed by atoms with Crippen molar-refractivity contribution in [2.75, 3.05) is 0 Å². The van der Waals surface area contributed by atoms with Gasteiger partial charge >= 0.3 is 0 Å². The van der Waals surface area contributed by atoms with E-state index in [9.17, 15) is 9.59 Å². The standard InChI is InChI=1S/C20H16N4O2/c1-13-18(14(2)23(22-13)15-8-4-3-5-9-15)12-21-24-19(25)16-10-6-7-11-17(16)20(24)26/h3-12H,1-2H3/b21-12-. The topological polar surface area (TPSA) is 67.6 Å². The largest absolute Gasteiger partial charge is 0.282 e. The Bertz CT molecular complexity index is 1020.